The van der Waals surface area contributed by atoms with Gasteiger partial charge in [0.15, 0.2) is 0 Å². The molecule has 0 saturated heterocycles. The van der Waals surface area contributed by atoms with Crippen LogP contribution < -0.4 is 21.3 Å². The summed E-state index contributed by atoms with van der Waals surface area (Å²) in [5, 5.41) is 5.16. The number of nitrogens with one attached hydrogen (secondary N) is 2. The predicted octanol–water partition coefficient (Wildman–Crippen LogP) is 0.545. The summed E-state index contributed by atoms with van der Waals surface area (Å²) in [5.74, 6) is -0.635. The fourth-order valence-electron chi connectivity index (χ4n) is 1.56. The highest BCUT2D eigenvalue weighted by atomic mass is 16.2. The third-order valence-corrected chi connectivity index (χ3v) is 2.94. The molecule has 6 heteroatoms. The minimum Gasteiger partial charge on any atom is -0.372 e. The van der Waals surface area contributed by atoms with Crippen molar-refractivity contribution in [1.82, 2.24) is 5.32 Å². The van der Waals surface area contributed by atoms with Crippen LogP contribution in [-0.2, 0) is 9.59 Å². The fraction of sp³-hybridized carbons (Fsp3) is 0.429. The van der Waals surface area contributed by atoms with Gasteiger partial charge < -0.3 is 21.3 Å². The molecule has 0 fully saturated rings. The molecule has 110 valence electrons. The van der Waals surface area contributed by atoms with Crippen LogP contribution in [0.1, 0.15) is 13.8 Å². The SMILES string of the molecule is CC(C)N(C)c1cccc(NC(=O)CNC(=O)CN)c1. The first-order valence-electron chi connectivity index (χ1n) is 6.53. The average molecular weight is 278 g/mol. The van der Waals surface area contributed by atoms with Crippen LogP contribution in [0.2, 0.25) is 0 Å². The minimum absolute atomic E-state index is 0.0831. The quantitative estimate of drug-likeness (QED) is 0.709. The summed E-state index contributed by atoms with van der Waals surface area (Å²) in [4.78, 5) is 24.7. The van der Waals surface area contributed by atoms with Crippen molar-refractivity contribution in [3.63, 3.8) is 0 Å². The van der Waals surface area contributed by atoms with E-state index >= 15 is 0 Å². The van der Waals surface area contributed by atoms with E-state index < -0.39 is 0 Å². The maximum Gasteiger partial charge on any atom is 0.243 e. The molecule has 0 aromatic heterocycles. The van der Waals surface area contributed by atoms with E-state index in [2.05, 4.69) is 29.4 Å². The van der Waals surface area contributed by atoms with Crippen LogP contribution >= 0.6 is 0 Å². The van der Waals surface area contributed by atoms with E-state index in [0.29, 0.717) is 11.7 Å². The van der Waals surface area contributed by atoms with E-state index in [-0.39, 0.29) is 24.9 Å². The number of nitrogens with zero attached hydrogens (tertiary/aromatic N) is 1. The Morgan fingerprint density at radius 3 is 2.60 bits per heavy atom. The Balaban J connectivity index is 2.62. The zero-order chi connectivity index (χ0) is 15.1. The lowest BCUT2D eigenvalue weighted by atomic mass is 10.2. The molecule has 0 aliphatic carbocycles. The normalized spacial score (nSPS) is 10.2. The molecule has 1 rings (SSSR count). The second kappa shape index (κ2) is 7.49. The number of amides is 2. The van der Waals surface area contributed by atoms with Crippen LogP contribution in [0.15, 0.2) is 24.3 Å². The summed E-state index contributed by atoms with van der Waals surface area (Å²) in [6.45, 7) is 3.98. The Morgan fingerprint density at radius 2 is 2.00 bits per heavy atom. The first-order valence-corrected chi connectivity index (χ1v) is 6.53. The fourth-order valence-corrected chi connectivity index (χ4v) is 1.56. The Morgan fingerprint density at radius 1 is 1.30 bits per heavy atom. The number of anilines is 2. The highest BCUT2D eigenvalue weighted by molar-refractivity contribution is 5.95. The van der Waals surface area contributed by atoms with Crippen molar-refractivity contribution < 1.29 is 9.59 Å². The summed E-state index contributed by atoms with van der Waals surface area (Å²) >= 11 is 0. The van der Waals surface area contributed by atoms with Gasteiger partial charge in [-0.1, -0.05) is 6.07 Å². The number of rotatable bonds is 6. The standard InChI is InChI=1S/C14H22N4O2/c1-10(2)18(3)12-6-4-5-11(7-12)17-14(20)9-16-13(19)8-15/h4-7,10H,8-9,15H2,1-3H3,(H,16,19)(H,17,20). The summed E-state index contributed by atoms with van der Waals surface area (Å²) < 4.78 is 0. The molecule has 0 heterocycles. The summed E-state index contributed by atoms with van der Waals surface area (Å²) in [5.41, 5.74) is 6.86. The van der Waals surface area contributed by atoms with E-state index in [1.807, 2.05) is 25.2 Å². The molecular weight excluding hydrogens is 256 g/mol. The van der Waals surface area contributed by atoms with Crippen LogP contribution in [0.5, 0.6) is 0 Å². The molecule has 1 aromatic rings. The van der Waals surface area contributed by atoms with Gasteiger partial charge in [0.25, 0.3) is 0 Å². The van der Waals surface area contributed by atoms with Gasteiger partial charge in [-0.25, -0.2) is 0 Å². The average Bonchev–Trinajstić information content (AvgIpc) is 2.44. The summed E-state index contributed by atoms with van der Waals surface area (Å²) in [6.07, 6.45) is 0. The molecule has 0 aliphatic heterocycles. The van der Waals surface area contributed by atoms with E-state index in [0.717, 1.165) is 5.69 Å². The molecule has 20 heavy (non-hydrogen) atoms. The smallest absolute Gasteiger partial charge is 0.243 e. The van der Waals surface area contributed by atoms with Crippen molar-refractivity contribution in [1.29, 1.82) is 0 Å². The van der Waals surface area contributed by atoms with E-state index in [4.69, 9.17) is 5.73 Å². The van der Waals surface area contributed by atoms with Gasteiger partial charge in [0, 0.05) is 24.5 Å². The van der Waals surface area contributed by atoms with Crippen LogP contribution in [0, 0.1) is 0 Å². The molecule has 2 amide bonds. The second-order valence-corrected chi connectivity index (χ2v) is 4.78. The highest BCUT2D eigenvalue weighted by Crippen LogP contribution is 2.19. The Labute approximate surface area is 119 Å². The van der Waals surface area contributed by atoms with Crippen molar-refractivity contribution in [2.45, 2.75) is 19.9 Å². The van der Waals surface area contributed by atoms with Crippen molar-refractivity contribution in [3.05, 3.63) is 24.3 Å². The Hall–Kier alpha value is -2.08. The van der Waals surface area contributed by atoms with Crippen molar-refractivity contribution in [2.75, 3.05) is 30.4 Å². The lowest BCUT2D eigenvalue weighted by Crippen LogP contribution is -2.36. The van der Waals surface area contributed by atoms with Gasteiger partial charge in [-0.05, 0) is 32.0 Å². The number of carbonyl (C=O) groups excluding carboxylic acids is 2. The molecular formula is C14H22N4O2. The van der Waals surface area contributed by atoms with Gasteiger partial charge in [-0.2, -0.15) is 0 Å². The summed E-state index contributed by atoms with van der Waals surface area (Å²) in [7, 11) is 1.99. The first-order chi connectivity index (χ1) is 9.43. The first kappa shape index (κ1) is 16.0. The largest absolute Gasteiger partial charge is 0.372 e. The molecule has 0 bridgehead atoms. The zero-order valence-electron chi connectivity index (χ0n) is 12.1. The van der Waals surface area contributed by atoms with Crippen LogP contribution in [0.3, 0.4) is 0 Å². The maximum atomic E-state index is 11.7. The third kappa shape index (κ3) is 4.89. The predicted molar refractivity (Wildman–Crippen MR) is 80.7 cm³/mol. The van der Waals surface area contributed by atoms with Gasteiger partial charge >= 0.3 is 0 Å². The molecule has 6 nitrogen and oxygen atoms in total. The number of carbonyl (C=O) groups is 2. The molecule has 4 N–H and O–H groups in total. The van der Waals surface area contributed by atoms with Gasteiger partial charge in [0.05, 0.1) is 13.1 Å². The number of hydrogen-bond acceptors (Lipinski definition) is 4. The van der Waals surface area contributed by atoms with Gasteiger partial charge in [-0.3, -0.25) is 9.59 Å². The van der Waals surface area contributed by atoms with Crippen molar-refractivity contribution in [2.24, 2.45) is 5.73 Å². The maximum absolute atomic E-state index is 11.7. The van der Waals surface area contributed by atoms with Crippen LogP contribution in [-0.4, -0.2) is 38.0 Å². The molecule has 0 radical (unpaired) electrons. The van der Waals surface area contributed by atoms with Gasteiger partial charge in [0.2, 0.25) is 11.8 Å². The monoisotopic (exact) mass is 278 g/mol. The van der Waals surface area contributed by atoms with Crippen molar-refractivity contribution in [3.8, 4) is 0 Å². The lowest BCUT2D eigenvalue weighted by molar-refractivity contribution is -0.123. The Kier molecular flexibility index (Phi) is 5.99. The number of nitrogens with two attached hydrogens (primary N) is 1. The molecule has 0 saturated carbocycles. The topological polar surface area (TPSA) is 87.5 Å². The zero-order valence-corrected chi connectivity index (χ0v) is 12.1. The lowest BCUT2D eigenvalue weighted by Gasteiger charge is -2.24. The molecule has 0 atom stereocenters. The minimum atomic E-state index is -0.353. The van der Waals surface area contributed by atoms with E-state index in [1.165, 1.54) is 0 Å². The van der Waals surface area contributed by atoms with Crippen LogP contribution in [0.4, 0.5) is 11.4 Å². The molecule has 0 aliphatic rings. The van der Waals surface area contributed by atoms with Crippen LogP contribution in [0.25, 0.3) is 0 Å². The highest BCUT2D eigenvalue weighted by Gasteiger charge is 2.08. The molecule has 1 aromatic carbocycles. The van der Waals surface area contributed by atoms with Crippen molar-refractivity contribution >= 4 is 23.2 Å². The molecule has 0 spiro atoms. The second-order valence-electron chi connectivity index (χ2n) is 4.78. The van der Waals surface area contributed by atoms with E-state index in [1.54, 1.807) is 6.07 Å². The number of benzene rings is 1. The summed E-state index contributed by atoms with van der Waals surface area (Å²) in [6, 6.07) is 7.92. The third-order valence-electron chi connectivity index (χ3n) is 2.94. The van der Waals surface area contributed by atoms with Gasteiger partial charge in [0.1, 0.15) is 0 Å². The van der Waals surface area contributed by atoms with E-state index in [9.17, 15) is 9.59 Å². The molecule has 0 unspecified atom stereocenters. The van der Waals surface area contributed by atoms with Gasteiger partial charge in [-0.15, -0.1) is 0 Å². The number of hydrogen-bond donors (Lipinski definition) is 3. The Bertz CT molecular complexity index is 474.